The zero-order chi connectivity index (χ0) is 16.9. The predicted octanol–water partition coefficient (Wildman–Crippen LogP) is 5.97. The van der Waals surface area contributed by atoms with E-state index in [4.69, 9.17) is 9.94 Å². The fraction of sp³-hybridized carbons (Fsp3) is 0.650. The summed E-state index contributed by atoms with van der Waals surface area (Å²) in [5, 5.41) is 12.2. The number of hydrogen-bond donors (Lipinski definition) is 1. The van der Waals surface area contributed by atoms with Crippen molar-refractivity contribution in [1.82, 2.24) is 0 Å². The molecule has 0 radical (unpaired) electrons. The van der Waals surface area contributed by atoms with Crippen LogP contribution in [0.4, 0.5) is 0 Å². The van der Waals surface area contributed by atoms with E-state index in [1.165, 1.54) is 63.4 Å². The molecule has 0 amide bonds. The summed E-state index contributed by atoms with van der Waals surface area (Å²) < 4.78 is 5.44. The summed E-state index contributed by atoms with van der Waals surface area (Å²) in [5.74, 6) is 0.930. The van der Waals surface area contributed by atoms with Crippen molar-refractivity contribution in [2.24, 2.45) is 5.16 Å². The summed E-state index contributed by atoms with van der Waals surface area (Å²) in [6.45, 7) is 4.07. The molecule has 0 atom stereocenters. The van der Waals surface area contributed by atoms with Crippen molar-refractivity contribution >= 4 is 5.71 Å². The first-order chi connectivity index (χ1) is 11.2. The van der Waals surface area contributed by atoms with Crippen molar-refractivity contribution in [1.29, 1.82) is 0 Å². The van der Waals surface area contributed by atoms with Gasteiger partial charge in [-0.25, -0.2) is 0 Å². The van der Waals surface area contributed by atoms with E-state index in [1.807, 2.05) is 19.1 Å². The number of nitrogens with zero attached hydrogens (tertiary/aromatic N) is 1. The second kappa shape index (κ2) is 12.0. The smallest absolute Gasteiger partial charge is 0.122 e. The lowest BCUT2D eigenvalue weighted by molar-refractivity contribution is 0.319. The van der Waals surface area contributed by atoms with Crippen LogP contribution in [0.5, 0.6) is 5.75 Å². The molecule has 0 fully saturated rings. The Balaban J connectivity index is 2.33. The first-order valence-corrected chi connectivity index (χ1v) is 9.08. The minimum Gasteiger partial charge on any atom is -0.496 e. The van der Waals surface area contributed by atoms with E-state index in [2.05, 4.69) is 18.1 Å². The molecule has 3 nitrogen and oxygen atoms in total. The molecule has 0 heterocycles. The summed E-state index contributed by atoms with van der Waals surface area (Å²) in [6, 6.07) is 5.99. The van der Waals surface area contributed by atoms with Crippen LogP contribution in [-0.2, 0) is 6.42 Å². The third kappa shape index (κ3) is 7.54. The Kier molecular flexibility index (Phi) is 10.2. The van der Waals surface area contributed by atoms with Gasteiger partial charge in [-0.05, 0) is 49.1 Å². The minimum absolute atomic E-state index is 0.640. The van der Waals surface area contributed by atoms with Gasteiger partial charge in [0.25, 0.3) is 0 Å². The molecule has 3 heteroatoms. The molecule has 1 rings (SSSR count). The number of aryl methyl sites for hydroxylation is 1. The first-order valence-electron chi connectivity index (χ1n) is 9.08. The Hall–Kier alpha value is -1.51. The molecule has 1 aromatic carbocycles. The summed E-state index contributed by atoms with van der Waals surface area (Å²) in [7, 11) is 1.71. The van der Waals surface area contributed by atoms with Crippen LogP contribution in [0, 0.1) is 0 Å². The van der Waals surface area contributed by atoms with Crippen LogP contribution >= 0.6 is 0 Å². The maximum atomic E-state index is 8.91. The number of ether oxygens (including phenoxy) is 1. The number of rotatable bonds is 12. The highest BCUT2D eigenvalue weighted by atomic mass is 16.5. The highest BCUT2D eigenvalue weighted by molar-refractivity contribution is 5.98. The lowest BCUT2D eigenvalue weighted by Crippen LogP contribution is -1.99. The van der Waals surface area contributed by atoms with Crippen molar-refractivity contribution in [3.8, 4) is 5.75 Å². The Morgan fingerprint density at radius 3 is 2.17 bits per heavy atom. The van der Waals surface area contributed by atoms with Gasteiger partial charge in [0.15, 0.2) is 0 Å². The highest BCUT2D eigenvalue weighted by Gasteiger charge is 2.06. The Morgan fingerprint density at radius 1 is 1.00 bits per heavy atom. The second-order valence-electron chi connectivity index (χ2n) is 6.29. The third-order valence-corrected chi connectivity index (χ3v) is 4.40. The van der Waals surface area contributed by atoms with E-state index in [0.29, 0.717) is 5.71 Å². The summed E-state index contributed by atoms with van der Waals surface area (Å²) in [6.07, 6.45) is 13.0. The van der Waals surface area contributed by atoms with Gasteiger partial charge in [0.1, 0.15) is 5.75 Å². The van der Waals surface area contributed by atoms with Gasteiger partial charge in [-0.1, -0.05) is 63.4 Å². The number of methoxy groups -OCH3 is 1. The average molecular weight is 319 g/mol. The van der Waals surface area contributed by atoms with Gasteiger partial charge in [-0.2, -0.15) is 0 Å². The van der Waals surface area contributed by atoms with Crippen LogP contribution in [0.25, 0.3) is 0 Å². The zero-order valence-electron chi connectivity index (χ0n) is 15.1. The minimum atomic E-state index is 0.640. The SMILES string of the molecule is CCCCCCCCCCCc1cc(/C(C)=N/O)ccc1OC. The maximum Gasteiger partial charge on any atom is 0.122 e. The number of unbranched alkanes of at least 4 members (excludes halogenated alkanes) is 8. The van der Waals surface area contributed by atoms with E-state index in [9.17, 15) is 0 Å². The molecule has 1 N–H and O–H groups in total. The van der Waals surface area contributed by atoms with Crippen molar-refractivity contribution < 1.29 is 9.94 Å². The molecule has 23 heavy (non-hydrogen) atoms. The topological polar surface area (TPSA) is 41.8 Å². The predicted molar refractivity (Wildman–Crippen MR) is 97.9 cm³/mol. The third-order valence-electron chi connectivity index (χ3n) is 4.40. The number of oxime groups is 1. The van der Waals surface area contributed by atoms with Gasteiger partial charge in [0.2, 0.25) is 0 Å². The molecule has 0 aromatic heterocycles. The molecule has 1 aromatic rings. The largest absolute Gasteiger partial charge is 0.496 e. The normalized spacial score (nSPS) is 11.7. The average Bonchev–Trinajstić information content (AvgIpc) is 2.59. The van der Waals surface area contributed by atoms with Crippen LogP contribution in [0.1, 0.15) is 82.8 Å². The Bertz CT molecular complexity index is 469. The second-order valence-corrected chi connectivity index (χ2v) is 6.29. The molecule has 0 bridgehead atoms. The van der Waals surface area contributed by atoms with Crippen LogP contribution in [0.3, 0.4) is 0 Å². The summed E-state index contributed by atoms with van der Waals surface area (Å²) in [4.78, 5) is 0. The fourth-order valence-corrected chi connectivity index (χ4v) is 2.88. The van der Waals surface area contributed by atoms with E-state index in [1.54, 1.807) is 7.11 Å². The Morgan fingerprint density at radius 2 is 1.61 bits per heavy atom. The first kappa shape index (κ1) is 19.5. The fourth-order valence-electron chi connectivity index (χ4n) is 2.88. The molecular formula is C20H33NO2. The van der Waals surface area contributed by atoms with Crippen molar-refractivity contribution in [2.45, 2.75) is 78.1 Å². The number of hydrogen-bond acceptors (Lipinski definition) is 3. The van der Waals surface area contributed by atoms with Gasteiger partial charge < -0.3 is 9.94 Å². The molecule has 0 saturated carbocycles. The zero-order valence-corrected chi connectivity index (χ0v) is 15.1. The molecule has 0 saturated heterocycles. The van der Waals surface area contributed by atoms with Gasteiger partial charge in [-0.3, -0.25) is 0 Å². The molecular weight excluding hydrogens is 286 g/mol. The van der Waals surface area contributed by atoms with Crippen LogP contribution in [0.15, 0.2) is 23.4 Å². The summed E-state index contributed by atoms with van der Waals surface area (Å²) >= 11 is 0. The molecule has 0 unspecified atom stereocenters. The number of benzene rings is 1. The molecule has 0 aliphatic rings. The van der Waals surface area contributed by atoms with Crippen molar-refractivity contribution in [3.05, 3.63) is 29.3 Å². The highest BCUT2D eigenvalue weighted by Crippen LogP contribution is 2.23. The van der Waals surface area contributed by atoms with E-state index in [-0.39, 0.29) is 0 Å². The lowest BCUT2D eigenvalue weighted by atomic mass is 10.0. The van der Waals surface area contributed by atoms with E-state index in [0.717, 1.165) is 17.7 Å². The Labute approximate surface area is 141 Å². The van der Waals surface area contributed by atoms with Gasteiger partial charge in [-0.15, -0.1) is 0 Å². The van der Waals surface area contributed by atoms with Gasteiger partial charge in [0, 0.05) is 0 Å². The van der Waals surface area contributed by atoms with Crippen LogP contribution in [-0.4, -0.2) is 18.0 Å². The molecule has 0 aliphatic carbocycles. The van der Waals surface area contributed by atoms with Crippen molar-refractivity contribution in [3.63, 3.8) is 0 Å². The van der Waals surface area contributed by atoms with Gasteiger partial charge in [0.05, 0.1) is 12.8 Å². The maximum absolute atomic E-state index is 8.91. The van der Waals surface area contributed by atoms with Crippen LogP contribution < -0.4 is 4.74 Å². The van der Waals surface area contributed by atoms with Crippen LogP contribution in [0.2, 0.25) is 0 Å². The molecule has 0 spiro atoms. The van der Waals surface area contributed by atoms with Crippen molar-refractivity contribution in [2.75, 3.05) is 7.11 Å². The van der Waals surface area contributed by atoms with E-state index >= 15 is 0 Å². The quantitative estimate of drug-likeness (QED) is 0.223. The lowest BCUT2D eigenvalue weighted by Gasteiger charge is -2.10. The van der Waals surface area contributed by atoms with E-state index < -0.39 is 0 Å². The summed E-state index contributed by atoms with van der Waals surface area (Å²) in [5.41, 5.74) is 2.80. The monoisotopic (exact) mass is 319 g/mol. The molecule has 130 valence electrons. The standard InChI is InChI=1S/C20H33NO2/c1-4-5-6-7-8-9-10-11-12-13-19-16-18(17(2)21-22)14-15-20(19)23-3/h14-16,22H,4-13H2,1-3H3/b21-17+. The molecule has 0 aliphatic heterocycles. The van der Waals surface area contributed by atoms with Gasteiger partial charge >= 0.3 is 0 Å².